The molecule has 0 aliphatic rings. The molecule has 0 spiro atoms. The minimum atomic E-state index is -0.382. The highest BCUT2D eigenvalue weighted by Gasteiger charge is 2.01. The molecule has 0 amide bonds. The number of nitrogens with zero attached hydrogens (tertiary/aromatic N) is 3. The van der Waals surface area contributed by atoms with E-state index in [1.807, 2.05) is 0 Å². The predicted octanol–water partition coefficient (Wildman–Crippen LogP) is -1.18. The molecular formula is C7H9N5O2. The molecule has 74 valence electrons. The second-order valence-corrected chi connectivity index (χ2v) is 2.67. The van der Waals surface area contributed by atoms with Gasteiger partial charge < -0.3 is 10.4 Å². The first-order valence-corrected chi connectivity index (χ1v) is 4.10. The molecule has 2 aromatic rings. The van der Waals surface area contributed by atoms with Gasteiger partial charge >= 0.3 is 5.69 Å². The standard InChI is InChI=1S/C7H9N5O2/c13-4-3-8-5-1-2-6-9-10-7(14)12(6)11-5/h1-2,13H,3-4H2,(H,8,11)(H,10,14). The molecule has 14 heavy (non-hydrogen) atoms. The van der Waals surface area contributed by atoms with Gasteiger partial charge in [-0.05, 0) is 12.1 Å². The molecule has 0 aliphatic carbocycles. The maximum atomic E-state index is 11.1. The summed E-state index contributed by atoms with van der Waals surface area (Å²) in [4.78, 5) is 11.1. The molecule has 0 unspecified atom stereocenters. The van der Waals surface area contributed by atoms with E-state index in [4.69, 9.17) is 5.11 Å². The summed E-state index contributed by atoms with van der Waals surface area (Å²) in [5, 5.41) is 21.4. The summed E-state index contributed by atoms with van der Waals surface area (Å²) in [6.07, 6.45) is 0. The lowest BCUT2D eigenvalue weighted by Crippen LogP contribution is -2.15. The summed E-state index contributed by atoms with van der Waals surface area (Å²) < 4.78 is 1.15. The number of aromatic amines is 1. The molecule has 2 rings (SSSR count). The van der Waals surface area contributed by atoms with E-state index in [1.165, 1.54) is 0 Å². The summed E-state index contributed by atoms with van der Waals surface area (Å²) in [7, 11) is 0. The summed E-state index contributed by atoms with van der Waals surface area (Å²) in [5.41, 5.74) is 0.0807. The minimum absolute atomic E-state index is 0.0139. The van der Waals surface area contributed by atoms with Gasteiger partial charge in [0.2, 0.25) is 0 Å². The molecule has 7 nitrogen and oxygen atoms in total. The van der Waals surface area contributed by atoms with Gasteiger partial charge in [0.15, 0.2) is 5.65 Å². The van der Waals surface area contributed by atoms with E-state index in [0.29, 0.717) is 18.0 Å². The maximum Gasteiger partial charge on any atom is 0.364 e. The molecule has 2 aromatic heterocycles. The molecule has 0 aliphatic heterocycles. The van der Waals surface area contributed by atoms with Crippen LogP contribution in [-0.2, 0) is 0 Å². The van der Waals surface area contributed by atoms with Gasteiger partial charge in [0.05, 0.1) is 6.61 Å². The zero-order valence-corrected chi connectivity index (χ0v) is 7.27. The van der Waals surface area contributed by atoms with Crippen LogP contribution in [0.5, 0.6) is 0 Å². The Balaban J connectivity index is 2.39. The van der Waals surface area contributed by atoms with Gasteiger partial charge in [0.25, 0.3) is 0 Å². The van der Waals surface area contributed by atoms with Crippen LogP contribution in [0.4, 0.5) is 5.82 Å². The number of hydrogen-bond acceptors (Lipinski definition) is 5. The Morgan fingerprint density at radius 2 is 2.43 bits per heavy atom. The molecular weight excluding hydrogens is 186 g/mol. The third kappa shape index (κ3) is 1.44. The van der Waals surface area contributed by atoms with E-state index in [-0.39, 0.29) is 12.3 Å². The first-order chi connectivity index (χ1) is 6.81. The number of aromatic nitrogens is 4. The van der Waals surface area contributed by atoms with Gasteiger partial charge in [0.1, 0.15) is 5.82 Å². The lowest BCUT2D eigenvalue weighted by molar-refractivity contribution is 0.311. The molecule has 0 radical (unpaired) electrons. The Kier molecular flexibility index (Phi) is 2.15. The normalized spacial score (nSPS) is 10.6. The van der Waals surface area contributed by atoms with Crippen molar-refractivity contribution >= 4 is 11.5 Å². The number of rotatable bonds is 3. The van der Waals surface area contributed by atoms with Crippen molar-refractivity contribution in [2.24, 2.45) is 0 Å². The van der Waals surface area contributed by atoms with Crippen molar-refractivity contribution < 1.29 is 5.11 Å². The smallest absolute Gasteiger partial charge is 0.364 e. The molecule has 0 saturated heterocycles. The van der Waals surface area contributed by atoms with Crippen molar-refractivity contribution in [3.8, 4) is 0 Å². The first-order valence-electron chi connectivity index (χ1n) is 4.10. The monoisotopic (exact) mass is 195 g/mol. The van der Waals surface area contributed by atoms with Gasteiger partial charge in [-0.15, -0.1) is 5.10 Å². The van der Waals surface area contributed by atoms with E-state index >= 15 is 0 Å². The molecule has 7 heteroatoms. The molecule has 0 atom stereocenters. The average molecular weight is 195 g/mol. The number of H-pyrrole nitrogens is 1. The highest BCUT2D eigenvalue weighted by molar-refractivity contribution is 5.42. The third-order valence-electron chi connectivity index (χ3n) is 1.69. The second-order valence-electron chi connectivity index (χ2n) is 2.67. The Bertz CT molecular complexity index is 488. The second kappa shape index (κ2) is 3.46. The SMILES string of the molecule is O=c1[nH]nc2ccc(NCCO)nn12. The summed E-state index contributed by atoms with van der Waals surface area (Å²) >= 11 is 0. The van der Waals surface area contributed by atoms with Crippen LogP contribution >= 0.6 is 0 Å². The highest BCUT2D eigenvalue weighted by atomic mass is 16.3. The third-order valence-corrected chi connectivity index (χ3v) is 1.69. The molecule has 0 fully saturated rings. The van der Waals surface area contributed by atoms with E-state index in [1.54, 1.807) is 12.1 Å². The van der Waals surface area contributed by atoms with Crippen molar-refractivity contribution in [3.63, 3.8) is 0 Å². The van der Waals surface area contributed by atoms with Crippen molar-refractivity contribution in [1.82, 2.24) is 19.8 Å². The van der Waals surface area contributed by atoms with E-state index in [9.17, 15) is 4.79 Å². The van der Waals surface area contributed by atoms with E-state index in [2.05, 4.69) is 20.6 Å². The Labute approximate surface area is 78.4 Å². The fraction of sp³-hybridized carbons (Fsp3) is 0.286. The minimum Gasteiger partial charge on any atom is -0.395 e. The fourth-order valence-corrected chi connectivity index (χ4v) is 1.08. The molecule has 3 N–H and O–H groups in total. The van der Waals surface area contributed by atoms with Crippen molar-refractivity contribution in [2.75, 3.05) is 18.5 Å². The van der Waals surface area contributed by atoms with Crippen LogP contribution in [0.2, 0.25) is 0 Å². The van der Waals surface area contributed by atoms with Crippen LogP contribution in [-0.4, -0.2) is 38.1 Å². The molecule has 0 aromatic carbocycles. The average Bonchev–Trinajstić information content (AvgIpc) is 2.57. The largest absolute Gasteiger partial charge is 0.395 e. The van der Waals surface area contributed by atoms with Crippen molar-refractivity contribution in [3.05, 3.63) is 22.6 Å². The predicted molar refractivity (Wildman–Crippen MR) is 49.2 cm³/mol. The number of aliphatic hydroxyl groups excluding tert-OH is 1. The van der Waals surface area contributed by atoms with E-state index in [0.717, 1.165) is 4.52 Å². The van der Waals surface area contributed by atoms with Gasteiger partial charge in [-0.3, -0.25) is 0 Å². The molecule has 0 saturated carbocycles. The Morgan fingerprint density at radius 1 is 1.57 bits per heavy atom. The van der Waals surface area contributed by atoms with Crippen molar-refractivity contribution in [1.29, 1.82) is 0 Å². The zero-order valence-electron chi connectivity index (χ0n) is 7.27. The Morgan fingerprint density at radius 3 is 3.21 bits per heavy atom. The molecule has 2 heterocycles. The number of hydrogen-bond donors (Lipinski definition) is 3. The summed E-state index contributed by atoms with van der Waals surface area (Å²) in [5.74, 6) is 0.523. The van der Waals surface area contributed by atoms with Crippen LogP contribution in [0.25, 0.3) is 5.65 Å². The van der Waals surface area contributed by atoms with Crippen LogP contribution in [0.15, 0.2) is 16.9 Å². The van der Waals surface area contributed by atoms with E-state index < -0.39 is 0 Å². The highest BCUT2D eigenvalue weighted by Crippen LogP contribution is 2.01. The quantitative estimate of drug-likeness (QED) is 0.573. The van der Waals surface area contributed by atoms with Crippen LogP contribution in [0.3, 0.4) is 0 Å². The van der Waals surface area contributed by atoms with Gasteiger partial charge in [0, 0.05) is 6.54 Å². The first kappa shape index (κ1) is 8.70. The zero-order chi connectivity index (χ0) is 9.97. The number of nitrogens with one attached hydrogen (secondary N) is 2. The lowest BCUT2D eigenvalue weighted by Gasteiger charge is -2.01. The fourth-order valence-electron chi connectivity index (χ4n) is 1.08. The van der Waals surface area contributed by atoms with Crippen molar-refractivity contribution in [2.45, 2.75) is 0 Å². The van der Waals surface area contributed by atoms with Crippen LogP contribution in [0, 0.1) is 0 Å². The lowest BCUT2D eigenvalue weighted by atomic mass is 10.5. The summed E-state index contributed by atoms with van der Waals surface area (Å²) in [6.45, 7) is 0.408. The van der Waals surface area contributed by atoms with Crippen LogP contribution in [0.1, 0.15) is 0 Å². The Hall–Kier alpha value is -1.89. The number of fused-ring (bicyclic) bond motifs is 1. The van der Waals surface area contributed by atoms with Gasteiger partial charge in [-0.1, -0.05) is 0 Å². The number of anilines is 1. The topological polar surface area (TPSA) is 95.3 Å². The number of aliphatic hydroxyl groups is 1. The van der Waals surface area contributed by atoms with Gasteiger partial charge in [-0.2, -0.15) is 9.61 Å². The molecule has 0 bridgehead atoms. The summed E-state index contributed by atoms with van der Waals surface area (Å²) in [6, 6.07) is 3.34. The van der Waals surface area contributed by atoms with Gasteiger partial charge in [-0.25, -0.2) is 9.89 Å². The van der Waals surface area contributed by atoms with Crippen LogP contribution < -0.4 is 11.0 Å². The maximum absolute atomic E-state index is 11.1.